The lowest BCUT2D eigenvalue weighted by Gasteiger charge is -2.35. The summed E-state index contributed by atoms with van der Waals surface area (Å²) in [4.78, 5) is 14.3. The number of likely N-dealkylation sites (tertiary alicyclic amines) is 1. The maximum absolute atomic E-state index is 12.5. The van der Waals surface area contributed by atoms with Crippen LogP contribution in [0.3, 0.4) is 0 Å². The lowest BCUT2D eigenvalue weighted by Crippen LogP contribution is -2.46. The first kappa shape index (κ1) is 18.6. The predicted octanol–water partition coefficient (Wildman–Crippen LogP) is 1.82. The number of hydrogen-bond donors (Lipinski definition) is 0. The molecule has 1 aliphatic rings. The second-order valence-corrected chi connectivity index (χ2v) is 8.46. The van der Waals surface area contributed by atoms with E-state index in [1.165, 1.54) is 4.31 Å². The molecule has 2 heterocycles. The zero-order chi connectivity index (χ0) is 18.7. The van der Waals surface area contributed by atoms with Crippen LogP contribution in [0.4, 0.5) is 0 Å². The number of amides is 1. The van der Waals surface area contributed by atoms with Gasteiger partial charge in [0.05, 0.1) is 18.3 Å². The van der Waals surface area contributed by atoms with Crippen molar-refractivity contribution in [3.63, 3.8) is 0 Å². The first-order valence-electron chi connectivity index (χ1n) is 8.71. The van der Waals surface area contributed by atoms with Gasteiger partial charge in [0.1, 0.15) is 0 Å². The van der Waals surface area contributed by atoms with E-state index < -0.39 is 10.0 Å². The molecule has 0 unspecified atom stereocenters. The minimum Gasteiger partial charge on any atom is -0.343 e. The average Bonchev–Trinajstić information content (AvgIpc) is 3.08. The minimum atomic E-state index is -3.41. The van der Waals surface area contributed by atoms with Gasteiger partial charge >= 0.3 is 0 Å². The summed E-state index contributed by atoms with van der Waals surface area (Å²) in [5.74, 6) is 0.0808. The van der Waals surface area contributed by atoms with Crippen molar-refractivity contribution in [1.82, 2.24) is 19.0 Å². The number of aromatic nitrogens is 2. The molecule has 8 heteroatoms. The molecule has 1 aliphatic heterocycles. The van der Waals surface area contributed by atoms with Gasteiger partial charge in [0.15, 0.2) is 0 Å². The summed E-state index contributed by atoms with van der Waals surface area (Å²) in [6.45, 7) is 5.04. The van der Waals surface area contributed by atoms with E-state index in [0.717, 1.165) is 16.3 Å². The number of nitrogens with zero attached hydrogens (tertiary/aromatic N) is 4. The van der Waals surface area contributed by atoms with Gasteiger partial charge in [-0.3, -0.25) is 9.48 Å². The highest BCUT2D eigenvalue weighted by atomic mass is 32.2. The Morgan fingerprint density at radius 1 is 1.35 bits per heavy atom. The predicted molar refractivity (Wildman–Crippen MR) is 101 cm³/mol. The van der Waals surface area contributed by atoms with Crippen LogP contribution in [0.15, 0.2) is 42.4 Å². The summed E-state index contributed by atoms with van der Waals surface area (Å²) in [5, 5.41) is 6.38. The maximum atomic E-state index is 12.5. The molecule has 0 atom stereocenters. The van der Waals surface area contributed by atoms with Crippen LogP contribution < -0.4 is 0 Å². The van der Waals surface area contributed by atoms with Gasteiger partial charge in [-0.2, -0.15) is 9.40 Å². The summed E-state index contributed by atoms with van der Waals surface area (Å²) in [5.41, 5.74) is 1.02. The molecule has 140 valence electrons. The fourth-order valence-corrected chi connectivity index (χ4v) is 4.23. The van der Waals surface area contributed by atoms with Gasteiger partial charge in [-0.25, -0.2) is 8.42 Å². The van der Waals surface area contributed by atoms with E-state index in [2.05, 4.69) is 11.7 Å². The smallest absolute Gasteiger partial charge is 0.235 e. The van der Waals surface area contributed by atoms with Crippen molar-refractivity contribution in [2.45, 2.75) is 31.8 Å². The third-order valence-corrected chi connectivity index (χ3v) is 6.55. The van der Waals surface area contributed by atoms with Crippen molar-refractivity contribution in [3.8, 4) is 0 Å². The molecule has 1 aromatic carbocycles. The van der Waals surface area contributed by atoms with Crippen molar-refractivity contribution < 1.29 is 13.2 Å². The van der Waals surface area contributed by atoms with E-state index in [9.17, 15) is 13.2 Å². The molecule has 1 amide bonds. The Morgan fingerprint density at radius 3 is 2.73 bits per heavy atom. The molecule has 7 nitrogen and oxygen atoms in total. The molecule has 3 rings (SSSR count). The van der Waals surface area contributed by atoms with E-state index in [4.69, 9.17) is 0 Å². The van der Waals surface area contributed by atoms with Gasteiger partial charge in [0.25, 0.3) is 0 Å². The number of piperidine rings is 1. The summed E-state index contributed by atoms with van der Waals surface area (Å²) >= 11 is 0. The van der Waals surface area contributed by atoms with E-state index in [0.29, 0.717) is 38.9 Å². The second-order valence-electron chi connectivity index (χ2n) is 6.52. The monoisotopic (exact) mass is 376 g/mol. The number of carbonyl (C=O) groups excluding carboxylic acids is 1. The van der Waals surface area contributed by atoms with E-state index in [1.807, 2.05) is 33.8 Å². The molecule has 1 saturated heterocycles. The fourth-order valence-electron chi connectivity index (χ4n) is 3.37. The topological polar surface area (TPSA) is 75.5 Å². The Labute approximate surface area is 153 Å². The van der Waals surface area contributed by atoms with Gasteiger partial charge in [-0.1, -0.05) is 24.8 Å². The molecule has 0 radical (unpaired) electrons. The van der Waals surface area contributed by atoms with Crippen LogP contribution in [0, 0.1) is 0 Å². The van der Waals surface area contributed by atoms with E-state index >= 15 is 0 Å². The quantitative estimate of drug-likeness (QED) is 0.771. The van der Waals surface area contributed by atoms with Crippen molar-refractivity contribution in [2.24, 2.45) is 0 Å². The van der Waals surface area contributed by atoms with Gasteiger partial charge in [-0.15, -0.1) is 0 Å². The third-order valence-electron chi connectivity index (χ3n) is 5.03. The highest BCUT2D eigenvalue weighted by Crippen LogP contribution is 2.19. The van der Waals surface area contributed by atoms with Gasteiger partial charge < -0.3 is 4.90 Å². The number of fused-ring (bicyclic) bond motifs is 1. The van der Waals surface area contributed by atoms with E-state index in [1.54, 1.807) is 13.2 Å². The van der Waals surface area contributed by atoms with Gasteiger partial charge in [0.2, 0.25) is 15.9 Å². The molecule has 0 N–H and O–H groups in total. The van der Waals surface area contributed by atoms with E-state index in [-0.39, 0.29) is 11.9 Å². The van der Waals surface area contributed by atoms with Crippen molar-refractivity contribution >= 4 is 26.8 Å². The Hall–Kier alpha value is -2.19. The number of carbonyl (C=O) groups is 1. The fraction of sp³-hybridized carbons (Fsp3) is 0.444. The number of aryl methyl sites for hydroxylation is 1. The highest BCUT2D eigenvalue weighted by Gasteiger charge is 2.29. The maximum Gasteiger partial charge on any atom is 0.235 e. The molecule has 26 heavy (non-hydrogen) atoms. The standard InChI is InChI=1S/C18H24N4O3S/c1-3-26(24,25)20(2)16-8-11-21(12-9-16)18(23)10-13-22-17-7-5-4-6-15(17)14-19-22/h3-7,14,16H,1,8-13H2,2H3. The molecule has 0 saturated carbocycles. The minimum absolute atomic E-state index is 0.0808. The molecule has 0 spiro atoms. The van der Waals surface area contributed by atoms with Gasteiger partial charge in [0, 0.05) is 43.4 Å². The molecule has 1 aromatic heterocycles. The number of sulfonamides is 1. The second kappa shape index (κ2) is 7.59. The zero-order valence-corrected chi connectivity index (χ0v) is 15.7. The molecule has 1 fully saturated rings. The highest BCUT2D eigenvalue weighted by molar-refractivity contribution is 7.92. The molecule has 0 aliphatic carbocycles. The molecular formula is C18H24N4O3S. The van der Waals surface area contributed by atoms with Crippen molar-refractivity contribution in [2.75, 3.05) is 20.1 Å². The largest absolute Gasteiger partial charge is 0.343 e. The number of rotatable bonds is 6. The third kappa shape index (κ3) is 3.81. The van der Waals surface area contributed by atoms with Crippen molar-refractivity contribution in [3.05, 3.63) is 42.4 Å². The Balaban J connectivity index is 1.53. The average molecular weight is 376 g/mol. The van der Waals surface area contributed by atoms with Crippen LogP contribution in [-0.2, 0) is 21.4 Å². The Kier molecular flexibility index (Phi) is 5.43. The van der Waals surface area contributed by atoms with Crippen LogP contribution in [0.1, 0.15) is 19.3 Å². The number of hydrogen-bond acceptors (Lipinski definition) is 4. The van der Waals surface area contributed by atoms with Crippen LogP contribution in [0.2, 0.25) is 0 Å². The summed E-state index contributed by atoms with van der Waals surface area (Å²) < 4.78 is 27.0. The van der Waals surface area contributed by atoms with Gasteiger partial charge in [-0.05, 0) is 18.9 Å². The normalized spacial score (nSPS) is 16.3. The SMILES string of the molecule is C=CS(=O)(=O)N(C)C1CCN(C(=O)CCn2ncc3ccccc32)CC1. The van der Waals surface area contributed by atoms with Crippen LogP contribution in [-0.4, -0.2) is 59.5 Å². The van der Waals surface area contributed by atoms with Crippen LogP contribution in [0.5, 0.6) is 0 Å². The molecule has 0 bridgehead atoms. The Morgan fingerprint density at radius 2 is 2.04 bits per heavy atom. The molecular weight excluding hydrogens is 352 g/mol. The molecule has 2 aromatic rings. The van der Waals surface area contributed by atoms with Crippen LogP contribution >= 0.6 is 0 Å². The lowest BCUT2D eigenvalue weighted by molar-refractivity contribution is -0.132. The van der Waals surface area contributed by atoms with Crippen molar-refractivity contribution in [1.29, 1.82) is 0 Å². The number of para-hydroxylation sites is 1. The lowest BCUT2D eigenvalue weighted by atomic mass is 10.1. The van der Waals surface area contributed by atoms with Crippen LogP contribution in [0.25, 0.3) is 10.9 Å². The Bertz CT molecular complexity index is 898. The summed E-state index contributed by atoms with van der Waals surface area (Å²) in [7, 11) is -1.84. The summed E-state index contributed by atoms with van der Waals surface area (Å²) in [6, 6.07) is 7.83. The zero-order valence-electron chi connectivity index (χ0n) is 14.9. The summed E-state index contributed by atoms with van der Waals surface area (Å²) in [6.07, 6.45) is 3.47. The first-order chi connectivity index (χ1) is 12.4. The first-order valence-corrected chi connectivity index (χ1v) is 10.2. The number of benzene rings is 1.